The third kappa shape index (κ3) is 3.77. The van der Waals surface area contributed by atoms with Gasteiger partial charge in [-0.25, -0.2) is 14.4 Å². The Morgan fingerprint density at radius 2 is 2.08 bits per heavy atom. The van der Waals surface area contributed by atoms with E-state index in [-0.39, 0.29) is 11.9 Å². The zero-order valence-electron chi connectivity index (χ0n) is 14.8. The highest BCUT2D eigenvalue weighted by molar-refractivity contribution is 7.47. The van der Waals surface area contributed by atoms with Crippen molar-refractivity contribution in [3.05, 3.63) is 48.0 Å². The molecule has 134 valence electrons. The van der Waals surface area contributed by atoms with Gasteiger partial charge >= 0.3 is 0 Å². The first-order valence-corrected chi connectivity index (χ1v) is 8.70. The summed E-state index contributed by atoms with van der Waals surface area (Å²) < 4.78 is 23.3. The second-order valence-corrected chi connectivity index (χ2v) is 6.26. The number of hydrogen-bond donors (Lipinski definition) is 1. The van der Waals surface area contributed by atoms with Gasteiger partial charge in [0.25, 0.3) is 0 Å². The highest BCUT2D eigenvalue weighted by Crippen LogP contribution is 2.33. The van der Waals surface area contributed by atoms with Crippen molar-refractivity contribution in [1.29, 1.82) is 0 Å². The van der Waals surface area contributed by atoms with Crippen LogP contribution < -0.4 is 10.1 Å². The number of benzene rings is 2. The maximum atomic E-state index is 13.7. The molecule has 1 heterocycles. The van der Waals surface area contributed by atoms with Gasteiger partial charge in [0.2, 0.25) is 0 Å². The summed E-state index contributed by atoms with van der Waals surface area (Å²) in [6.07, 6.45) is 2.26. The standard InChI is InChI=1S/C19H19FN4OS/c1-4-12(3)25-17-8-13(20)5-6-15(17)23-19-18-11(2)7-14(24-26)9-16(18)21-10-22-19/h5-10,12H,4H2,1-3H3,(H,21,22,23). The number of halogens is 1. The van der Waals surface area contributed by atoms with Gasteiger partial charge in [-0.2, -0.15) is 4.36 Å². The number of nitrogens with one attached hydrogen (secondary N) is 1. The number of rotatable bonds is 6. The number of anilines is 2. The van der Waals surface area contributed by atoms with Crippen LogP contribution in [0.3, 0.4) is 0 Å². The molecular weight excluding hydrogens is 351 g/mol. The number of hydrogen-bond acceptors (Lipinski definition) is 6. The van der Waals surface area contributed by atoms with Crippen LogP contribution in [0, 0.1) is 12.7 Å². The minimum Gasteiger partial charge on any atom is -0.488 e. The monoisotopic (exact) mass is 370 g/mol. The first kappa shape index (κ1) is 18.1. The van der Waals surface area contributed by atoms with Crippen LogP contribution in [0.15, 0.2) is 41.0 Å². The summed E-state index contributed by atoms with van der Waals surface area (Å²) in [6.45, 7) is 5.90. The summed E-state index contributed by atoms with van der Waals surface area (Å²) in [4.78, 5) is 8.66. The molecule has 0 aliphatic rings. The number of aryl methyl sites for hydroxylation is 1. The van der Waals surface area contributed by atoms with E-state index in [1.165, 1.54) is 18.5 Å². The Morgan fingerprint density at radius 3 is 2.81 bits per heavy atom. The Balaban J connectivity index is 2.06. The predicted molar refractivity (Wildman–Crippen MR) is 104 cm³/mol. The molecule has 1 aromatic heterocycles. The van der Waals surface area contributed by atoms with E-state index < -0.39 is 0 Å². The summed E-state index contributed by atoms with van der Waals surface area (Å²) in [7, 11) is 0. The summed E-state index contributed by atoms with van der Waals surface area (Å²) >= 11 is 4.77. The van der Waals surface area contributed by atoms with Crippen LogP contribution in [-0.4, -0.2) is 16.1 Å². The first-order valence-electron chi connectivity index (χ1n) is 8.33. The molecule has 0 aliphatic heterocycles. The number of nitrogens with zero attached hydrogens (tertiary/aromatic N) is 3. The lowest BCUT2D eigenvalue weighted by Crippen LogP contribution is -2.11. The second-order valence-electron chi connectivity index (χ2n) is 6.07. The van der Waals surface area contributed by atoms with Crippen LogP contribution in [0.4, 0.5) is 21.6 Å². The van der Waals surface area contributed by atoms with E-state index in [2.05, 4.69) is 19.6 Å². The van der Waals surface area contributed by atoms with Crippen LogP contribution in [0.2, 0.25) is 0 Å². The average Bonchev–Trinajstić information content (AvgIpc) is 2.63. The molecule has 0 bridgehead atoms. The molecule has 2 aromatic carbocycles. The molecule has 5 nitrogen and oxygen atoms in total. The minimum atomic E-state index is -0.353. The molecule has 3 aromatic rings. The zero-order valence-corrected chi connectivity index (χ0v) is 15.6. The second kappa shape index (κ2) is 7.70. The highest BCUT2D eigenvalue weighted by Gasteiger charge is 2.13. The van der Waals surface area contributed by atoms with E-state index >= 15 is 0 Å². The summed E-state index contributed by atoms with van der Waals surface area (Å²) in [5.41, 5.74) is 3.00. The van der Waals surface area contributed by atoms with Crippen LogP contribution in [-0.2, 0) is 12.4 Å². The van der Waals surface area contributed by atoms with Crippen molar-refractivity contribution in [3.8, 4) is 5.75 Å². The van der Waals surface area contributed by atoms with Gasteiger partial charge in [-0.3, -0.25) is 0 Å². The van der Waals surface area contributed by atoms with Crippen molar-refractivity contribution in [2.75, 3.05) is 5.32 Å². The number of ether oxygens (including phenoxy) is 1. The maximum Gasteiger partial charge on any atom is 0.146 e. The van der Waals surface area contributed by atoms with Gasteiger partial charge in [0.1, 0.15) is 23.7 Å². The quantitative estimate of drug-likeness (QED) is 0.633. The van der Waals surface area contributed by atoms with Crippen molar-refractivity contribution in [1.82, 2.24) is 9.97 Å². The Labute approximate surface area is 156 Å². The molecule has 0 saturated heterocycles. The molecule has 1 atom stereocenters. The average molecular weight is 370 g/mol. The van der Waals surface area contributed by atoms with E-state index in [9.17, 15) is 4.39 Å². The van der Waals surface area contributed by atoms with E-state index in [4.69, 9.17) is 17.2 Å². The third-order valence-electron chi connectivity index (χ3n) is 4.13. The van der Waals surface area contributed by atoms with Gasteiger partial charge < -0.3 is 10.1 Å². The normalized spacial score (nSPS) is 12.0. The lowest BCUT2D eigenvalue weighted by atomic mass is 10.1. The molecule has 7 heteroatoms. The fraction of sp³-hybridized carbons (Fsp3) is 0.263. The van der Waals surface area contributed by atoms with Gasteiger partial charge in [0, 0.05) is 23.9 Å². The first-order chi connectivity index (χ1) is 12.5. The van der Waals surface area contributed by atoms with Crippen LogP contribution in [0.1, 0.15) is 25.8 Å². The van der Waals surface area contributed by atoms with E-state index in [1.54, 1.807) is 6.07 Å². The molecule has 1 N–H and O–H groups in total. The largest absolute Gasteiger partial charge is 0.488 e. The lowest BCUT2D eigenvalue weighted by Gasteiger charge is -2.18. The van der Waals surface area contributed by atoms with E-state index in [0.29, 0.717) is 22.9 Å². The van der Waals surface area contributed by atoms with Crippen LogP contribution in [0.5, 0.6) is 5.75 Å². The maximum absolute atomic E-state index is 13.7. The molecule has 26 heavy (non-hydrogen) atoms. The van der Waals surface area contributed by atoms with Gasteiger partial charge in [0.05, 0.1) is 23.0 Å². The van der Waals surface area contributed by atoms with Crippen molar-refractivity contribution in [2.45, 2.75) is 33.3 Å². The van der Waals surface area contributed by atoms with Gasteiger partial charge in [-0.05, 0) is 50.1 Å². The minimum absolute atomic E-state index is 0.0301. The van der Waals surface area contributed by atoms with Crippen molar-refractivity contribution in [2.24, 2.45) is 4.36 Å². The summed E-state index contributed by atoms with van der Waals surface area (Å²) in [5, 5.41) is 4.11. The van der Waals surface area contributed by atoms with E-state index in [1.807, 2.05) is 32.9 Å². The molecule has 0 spiro atoms. The topological polar surface area (TPSA) is 59.4 Å². The fourth-order valence-electron chi connectivity index (χ4n) is 2.65. The number of fused-ring (bicyclic) bond motifs is 1. The summed E-state index contributed by atoms with van der Waals surface area (Å²) in [6, 6.07) is 8.09. The molecule has 3 rings (SSSR count). The third-order valence-corrected chi connectivity index (χ3v) is 4.34. The van der Waals surface area contributed by atoms with Gasteiger partial charge in [-0.1, -0.05) is 6.92 Å². The van der Waals surface area contributed by atoms with Crippen LogP contribution in [0.25, 0.3) is 10.9 Å². The smallest absolute Gasteiger partial charge is 0.146 e. The summed E-state index contributed by atoms with van der Waals surface area (Å²) in [5.74, 6) is 0.708. The molecule has 0 aliphatic carbocycles. The van der Waals surface area contributed by atoms with Crippen LogP contribution >= 0.6 is 0 Å². The lowest BCUT2D eigenvalue weighted by molar-refractivity contribution is 0.218. The van der Waals surface area contributed by atoms with Gasteiger partial charge in [0.15, 0.2) is 0 Å². The Kier molecular flexibility index (Phi) is 5.37. The Hall–Kier alpha value is -2.67. The molecular formula is C19H19FN4OS. The molecule has 0 fully saturated rings. The SMILES string of the molecule is CCC(C)Oc1cc(F)ccc1Nc1ncnc2cc(N=S)cc(C)c12. The molecule has 1 unspecified atom stereocenters. The Morgan fingerprint density at radius 1 is 1.27 bits per heavy atom. The number of aromatic nitrogens is 2. The van der Waals surface area contributed by atoms with Crippen molar-refractivity contribution >= 4 is 40.5 Å². The van der Waals surface area contributed by atoms with Crippen molar-refractivity contribution < 1.29 is 9.13 Å². The molecule has 0 amide bonds. The molecule has 0 radical (unpaired) electrons. The molecule has 0 saturated carbocycles. The zero-order chi connectivity index (χ0) is 18.7. The highest BCUT2D eigenvalue weighted by atomic mass is 32.1. The Bertz CT molecular complexity index is 964. The fourth-order valence-corrected chi connectivity index (χ4v) is 2.75. The predicted octanol–water partition coefficient (Wildman–Crippen LogP) is 5.36. The van der Waals surface area contributed by atoms with E-state index in [0.717, 1.165) is 22.9 Å². The van der Waals surface area contributed by atoms with Crippen molar-refractivity contribution in [3.63, 3.8) is 0 Å². The van der Waals surface area contributed by atoms with Gasteiger partial charge in [-0.15, -0.1) is 0 Å².